The van der Waals surface area contributed by atoms with Crippen LogP contribution in [0, 0.1) is 5.41 Å². The van der Waals surface area contributed by atoms with Gasteiger partial charge >= 0.3 is 5.97 Å². The Bertz CT molecular complexity index is 683. The predicted octanol–water partition coefficient (Wildman–Crippen LogP) is 1.34. The normalized spacial score (nSPS) is 26.3. The summed E-state index contributed by atoms with van der Waals surface area (Å²) in [4.78, 5) is 51.0. The van der Waals surface area contributed by atoms with Gasteiger partial charge in [0.25, 0.3) is 0 Å². The van der Waals surface area contributed by atoms with Crippen molar-refractivity contribution in [2.75, 3.05) is 6.61 Å². The van der Waals surface area contributed by atoms with Crippen molar-refractivity contribution < 1.29 is 23.9 Å². The number of imide groups is 1. The highest BCUT2D eigenvalue weighted by molar-refractivity contribution is 6.19. The number of carbonyl (C=O) groups is 4. The van der Waals surface area contributed by atoms with Crippen LogP contribution in [0.2, 0.25) is 0 Å². The van der Waals surface area contributed by atoms with Crippen LogP contribution in [0.15, 0.2) is 30.3 Å². The minimum Gasteiger partial charge on any atom is -0.465 e. The molecule has 6 heteroatoms. The Labute approximate surface area is 133 Å². The molecule has 0 saturated carbocycles. The molecule has 3 rings (SSSR count). The largest absolute Gasteiger partial charge is 0.465 e. The molecule has 2 atom stereocenters. The van der Waals surface area contributed by atoms with Crippen molar-refractivity contribution in [2.45, 2.75) is 32.2 Å². The molecular weight excluding hydrogens is 298 g/mol. The molecule has 2 fully saturated rings. The number of ketones is 1. The molecule has 120 valence electrons. The minimum absolute atomic E-state index is 0.109. The minimum atomic E-state index is -1.62. The Kier molecular flexibility index (Phi) is 3.75. The van der Waals surface area contributed by atoms with E-state index in [2.05, 4.69) is 0 Å². The molecule has 0 spiro atoms. The summed E-state index contributed by atoms with van der Waals surface area (Å²) in [7, 11) is 0. The van der Waals surface area contributed by atoms with E-state index in [-0.39, 0.29) is 25.4 Å². The molecule has 23 heavy (non-hydrogen) atoms. The molecule has 1 aromatic carbocycles. The lowest BCUT2D eigenvalue weighted by atomic mass is 9.73. The molecule has 0 bridgehead atoms. The summed E-state index contributed by atoms with van der Waals surface area (Å²) >= 11 is 0. The van der Waals surface area contributed by atoms with Gasteiger partial charge in [-0.1, -0.05) is 30.3 Å². The van der Waals surface area contributed by atoms with Crippen molar-refractivity contribution in [3.05, 3.63) is 35.9 Å². The van der Waals surface area contributed by atoms with E-state index < -0.39 is 29.1 Å². The van der Waals surface area contributed by atoms with Crippen LogP contribution in [-0.4, -0.2) is 41.1 Å². The maximum Gasteiger partial charge on any atom is 0.322 e. The monoisotopic (exact) mass is 315 g/mol. The second-order valence-corrected chi connectivity index (χ2v) is 5.78. The third-order valence-electron chi connectivity index (χ3n) is 4.56. The molecule has 1 aromatic rings. The van der Waals surface area contributed by atoms with Crippen LogP contribution in [-0.2, 0) is 19.1 Å². The van der Waals surface area contributed by atoms with Gasteiger partial charge < -0.3 is 4.74 Å². The van der Waals surface area contributed by atoms with Crippen LogP contribution in [0.4, 0.5) is 0 Å². The van der Waals surface area contributed by atoms with Gasteiger partial charge in [-0.15, -0.1) is 0 Å². The van der Waals surface area contributed by atoms with Gasteiger partial charge in [-0.25, -0.2) is 0 Å². The molecule has 2 aliphatic rings. The number of Topliss-reactive ketones (excluding diaryl/α,β-unsaturated/α-hetero) is 1. The highest BCUT2D eigenvalue weighted by Crippen LogP contribution is 2.47. The second kappa shape index (κ2) is 5.61. The first-order valence-electron chi connectivity index (χ1n) is 7.64. The predicted molar refractivity (Wildman–Crippen MR) is 79.3 cm³/mol. The Morgan fingerprint density at radius 3 is 2.57 bits per heavy atom. The third kappa shape index (κ3) is 2.17. The number of nitrogens with zero attached hydrogens (tertiary/aromatic N) is 1. The number of esters is 1. The topological polar surface area (TPSA) is 80.8 Å². The molecule has 2 heterocycles. The van der Waals surface area contributed by atoms with Gasteiger partial charge in [-0.3, -0.25) is 24.1 Å². The standard InChI is InChI=1S/C17H17NO5/c1-2-23-16(22)17(15(21)11-6-4-3-5-7-11)10-14(20)18-12(17)8-9-13(18)19/h3-7,12H,2,8-10H2,1H3. The highest BCUT2D eigenvalue weighted by atomic mass is 16.5. The molecule has 2 aliphatic heterocycles. The van der Waals surface area contributed by atoms with E-state index in [1.54, 1.807) is 37.3 Å². The Hall–Kier alpha value is -2.50. The van der Waals surface area contributed by atoms with E-state index in [1.165, 1.54) is 0 Å². The van der Waals surface area contributed by atoms with Gasteiger partial charge in [0.2, 0.25) is 11.8 Å². The zero-order valence-electron chi connectivity index (χ0n) is 12.8. The first kappa shape index (κ1) is 15.4. The number of rotatable bonds is 4. The van der Waals surface area contributed by atoms with Crippen molar-refractivity contribution in [3.63, 3.8) is 0 Å². The van der Waals surface area contributed by atoms with Gasteiger partial charge in [-0.05, 0) is 13.3 Å². The summed E-state index contributed by atoms with van der Waals surface area (Å²) < 4.78 is 5.11. The summed E-state index contributed by atoms with van der Waals surface area (Å²) in [5, 5.41) is 0. The quantitative estimate of drug-likeness (QED) is 0.362. The third-order valence-corrected chi connectivity index (χ3v) is 4.56. The number of hydrogen-bond donors (Lipinski definition) is 0. The van der Waals surface area contributed by atoms with Crippen LogP contribution < -0.4 is 0 Å². The summed E-state index contributed by atoms with van der Waals surface area (Å²) in [6, 6.07) is 7.62. The lowest BCUT2D eigenvalue weighted by Crippen LogP contribution is -2.49. The van der Waals surface area contributed by atoms with Crippen molar-refractivity contribution in [1.82, 2.24) is 4.90 Å². The summed E-state index contributed by atoms with van der Waals surface area (Å²) in [5.41, 5.74) is -1.28. The average molecular weight is 315 g/mol. The zero-order chi connectivity index (χ0) is 16.6. The van der Waals surface area contributed by atoms with Gasteiger partial charge in [0.1, 0.15) is 0 Å². The molecule has 0 radical (unpaired) electrons. The zero-order valence-corrected chi connectivity index (χ0v) is 12.8. The van der Waals surface area contributed by atoms with Gasteiger partial charge in [0.15, 0.2) is 11.2 Å². The Balaban J connectivity index is 2.10. The molecule has 2 saturated heterocycles. The van der Waals surface area contributed by atoms with E-state index >= 15 is 0 Å². The van der Waals surface area contributed by atoms with Gasteiger partial charge in [0.05, 0.1) is 19.1 Å². The van der Waals surface area contributed by atoms with Crippen molar-refractivity contribution in [3.8, 4) is 0 Å². The van der Waals surface area contributed by atoms with E-state index in [1.807, 2.05) is 0 Å². The fraction of sp³-hybridized carbons (Fsp3) is 0.412. The highest BCUT2D eigenvalue weighted by Gasteiger charge is 2.65. The molecule has 0 aromatic heterocycles. The molecule has 2 unspecified atom stereocenters. The lowest BCUT2D eigenvalue weighted by molar-refractivity contribution is -0.153. The number of ether oxygens (including phenoxy) is 1. The maximum atomic E-state index is 13.1. The van der Waals surface area contributed by atoms with E-state index in [9.17, 15) is 19.2 Å². The fourth-order valence-electron chi connectivity index (χ4n) is 3.54. The number of fused-ring (bicyclic) bond motifs is 1. The van der Waals surface area contributed by atoms with Gasteiger partial charge in [-0.2, -0.15) is 0 Å². The summed E-state index contributed by atoms with van der Waals surface area (Å²) in [6.07, 6.45) is 0.164. The second-order valence-electron chi connectivity index (χ2n) is 5.78. The number of amides is 2. The van der Waals surface area contributed by atoms with Gasteiger partial charge in [0, 0.05) is 12.0 Å². The summed E-state index contributed by atoms with van der Waals surface area (Å²) in [6.45, 7) is 1.75. The number of hydrogen-bond acceptors (Lipinski definition) is 5. The molecule has 2 amide bonds. The molecule has 0 N–H and O–H groups in total. The maximum absolute atomic E-state index is 13.1. The van der Waals surface area contributed by atoms with Crippen LogP contribution >= 0.6 is 0 Å². The lowest BCUT2D eigenvalue weighted by Gasteiger charge is -2.30. The van der Waals surface area contributed by atoms with Crippen LogP contribution in [0.5, 0.6) is 0 Å². The number of carbonyl (C=O) groups excluding carboxylic acids is 4. The van der Waals surface area contributed by atoms with Crippen molar-refractivity contribution >= 4 is 23.6 Å². The molecule has 0 aliphatic carbocycles. The van der Waals surface area contributed by atoms with Crippen molar-refractivity contribution in [2.24, 2.45) is 5.41 Å². The van der Waals surface area contributed by atoms with E-state index in [0.717, 1.165) is 4.90 Å². The molecular formula is C17H17NO5. The first-order valence-corrected chi connectivity index (χ1v) is 7.64. The first-order chi connectivity index (χ1) is 11.0. The fourth-order valence-corrected chi connectivity index (χ4v) is 3.54. The SMILES string of the molecule is CCOC(=O)C1(C(=O)c2ccccc2)CC(=O)N2C(=O)CCC21. The molecule has 6 nitrogen and oxygen atoms in total. The smallest absolute Gasteiger partial charge is 0.322 e. The average Bonchev–Trinajstić information content (AvgIpc) is 3.08. The van der Waals surface area contributed by atoms with Crippen LogP contribution in [0.25, 0.3) is 0 Å². The summed E-state index contributed by atoms with van der Waals surface area (Å²) in [5.74, 6) is -1.97. The Morgan fingerprint density at radius 1 is 1.22 bits per heavy atom. The van der Waals surface area contributed by atoms with Crippen LogP contribution in [0.3, 0.4) is 0 Å². The van der Waals surface area contributed by atoms with Crippen molar-refractivity contribution in [1.29, 1.82) is 0 Å². The number of benzene rings is 1. The van der Waals surface area contributed by atoms with E-state index in [0.29, 0.717) is 12.0 Å². The Morgan fingerprint density at radius 2 is 1.91 bits per heavy atom. The van der Waals surface area contributed by atoms with Crippen LogP contribution in [0.1, 0.15) is 36.5 Å². The van der Waals surface area contributed by atoms with E-state index in [4.69, 9.17) is 4.74 Å².